The summed E-state index contributed by atoms with van der Waals surface area (Å²) in [6, 6.07) is 3.88. The number of pyridine rings is 1. The number of aromatic nitrogens is 3. The maximum absolute atomic E-state index is 12.8. The van der Waals surface area contributed by atoms with Gasteiger partial charge in [-0.3, -0.25) is 14.7 Å². The van der Waals surface area contributed by atoms with Crippen LogP contribution in [-0.4, -0.2) is 90.9 Å². The molecule has 10 nitrogen and oxygen atoms in total. The molecular weight excluding hydrogens is 552 g/mol. The van der Waals surface area contributed by atoms with Crippen LogP contribution in [0.4, 0.5) is 26.3 Å². The molecule has 2 saturated heterocycles. The van der Waals surface area contributed by atoms with Gasteiger partial charge in [0.15, 0.2) is 0 Å². The highest BCUT2D eigenvalue weighted by Crippen LogP contribution is 2.39. The van der Waals surface area contributed by atoms with E-state index in [1.807, 2.05) is 31.6 Å². The van der Waals surface area contributed by atoms with Gasteiger partial charge >= 0.3 is 24.3 Å². The van der Waals surface area contributed by atoms with Crippen molar-refractivity contribution in [3.63, 3.8) is 0 Å². The topological polar surface area (TPSA) is 129 Å². The Balaban J connectivity index is 0.000000333. The van der Waals surface area contributed by atoms with Gasteiger partial charge in [0.2, 0.25) is 5.91 Å². The lowest BCUT2D eigenvalue weighted by atomic mass is 9.79. The van der Waals surface area contributed by atoms with E-state index >= 15 is 0 Å². The lowest BCUT2D eigenvalue weighted by Gasteiger charge is -2.40. The van der Waals surface area contributed by atoms with Crippen molar-refractivity contribution in [1.82, 2.24) is 24.3 Å². The summed E-state index contributed by atoms with van der Waals surface area (Å²) < 4.78 is 65.6. The Morgan fingerprint density at radius 2 is 1.60 bits per heavy atom. The average molecular weight is 582 g/mol. The molecule has 2 aromatic heterocycles. The molecule has 2 aromatic rings. The zero-order valence-corrected chi connectivity index (χ0v) is 21.5. The molecular formula is C24H29F6N5O5. The van der Waals surface area contributed by atoms with Gasteiger partial charge in [-0.05, 0) is 37.4 Å². The SMILES string of the molecule is Cn1ccnc1CN1CCC2(CCCN(C(=O)Cc3cccnc3)C2)C1.O=C(O)C(F)(F)F.O=C(O)C(F)(F)F. The maximum atomic E-state index is 12.8. The highest BCUT2D eigenvalue weighted by Gasteiger charge is 2.42. The van der Waals surface area contributed by atoms with Gasteiger partial charge in [0.05, 0.1) is 13.0 Å². The van der Waals surface area contributed by atoms with E-state index in [2.05, 4.69) is 24.3 Å². The predicted octanol–water partition coefficient (Wildman–Crippen LogP) is 3.14. The number of likely N-dealkylation sites (tertiary alicyclic amines) is 2. The van der Waals surface area contributed by atoms with Crippen molar-refractivity contribution in [2.24, 2.45) is 12.5 Å². The van der Waals surface area contributed by atoms with E-state index in [-0.39, 0.29) is 11.3 Å². The number of hydrogen-bond acceptors (Lipinski definition) is 6. The van der Waals surface area contributed by atoms with E-state index in [0.717, 1.165) is 50.5 Å². The molecule has 222 valence electrons. The van der Waals surface area contributed by atoms with Crippen molar-refractivity contribution >= 4 is 17.8 Å². The molecule has 0 saturated carbocycles. The number of amides is 1. The van der Waals surface area contributed by atoms with Crippen molar-refractivity contribution in [2.45, 2.75) is 44.6 Å². The number of piperidine rings is 1. The van der Waals surface area contributed by atoms with Gasteiger partial charge in [-0.2, -0.15) is 26.3 Å². The molecule has 40 heavy (non-hydrogen) atoms. The van der Waals surface area contributed by atoms with Crippen LogP contribution < -0.4 is 0 Å². The Morgan fingerprint density at radius 3 is 2.10 bits per heavy atom. The summed E-state index contributed by atoms with van der Waals surface area (Å²) in [7, 11) is 2.05. The molecule has 2 aliphatic rings. The lowest BCUT2D eigenvalue weighted by Crippen LogP contribution is -2.47. The van der Waals surface area contributed by atoms with Crippen molar-refractivity contribution in [1.29, 1.82) is 0 Å². The maximum Gasteiger partial charge on any atom is 0.490 e. The molecule has 0 bridgehead atoms. The molecule has 4 heterocycles. The summed E-state index contributed by atoms with van der Waals surface area (Å²) in [5.74, 6) is -4.16. The summed E-state index contributed by atoms with van der Waals surface area (Å²) in [6.45, 7) is 4.84. The first-order valence-corrected chi connectivity index (χ1v) is 12.0. The van der Waals surface area contributed by atoms with Crippen molar-refractivity contribution in [3.8, 4) is 0 Å². The summed E-state index contributed by atoms with van der Waals surface area (Å²) in [6.07, 6.45) is 1.20. The summed E-state index contributed by atoms with van der Waals surface area (Å²) >= 11 is 0. The summed E-state index contributed by atoms with van der Waals surface area (Å²) in [5, 5.41) is 14.2. The number of aryl methyl sites for hydroxylation is 1. The number of carbonyl (C=O) groups excluding carboxylic acids is 1. The van der Waals surface area contributed by atoms with E-state index in [1.165, 1.54) is 12.8 Å². The van der Waals surface area contributed by atoms with Crippen LogP contribution in [0.15, 0.2) is 36.9 Å². The molecule has 1 amide bonds. The van der Waals surface area contributed by atoms with Crippen LogP contribution in [0.3, 0.4) is 0 Å². The zero-order chi connectivity index (χ0) is 30.1. The van der Waals surface area contributed by atoms with Crippen LogP contribution in [0.25, 0.3) is 0 Å². The van der Waals surface area contributed by atoms with E-state index in [0.29, 0.717) is 6.42 Å². The highest BCUT2D eigenvalue weighted by molar-refractivity contribution is 5.78. The molecule has 0 aromatic carbocycles. The van der Waals surface area contributed by atoms with E-state index < -0.39 is 24.3 Å². The largest absolute Gasteiger partial charge is 0.490 e. The van der Waals surface area contributed by atoms with Crippen LogP contribution in [0, 0.1) is 5.41 Å². The second-order valence-corrected chi connectivity index (χ2v) is 9.48. The van der Waals surface area contributed by atoms with E-state index in [9.17, 15) is 31.1 Å². The quantitative estimate of drug-likeness (QED) is 0.528. The number of imidazole rings is 1. The second-order valence-electron chi connectivity index (χ2n) is 9.48. The van der Waals surface area contributed by atoms with Crippen molar-refractivity contribution in [3.05, 3.63) is 48.3 Å². The number of aliphatic carboxylic acids is 2. The molecule has 2 N–H and O–H groups in total. The number of rotatable bonds is 4. The summed E-state index contributed by atoms with van der Waals surface area (Å²) in [5.41, 5.74) is 1.26. The third-order valence-electron chi connectivity index (χ3n) is 6.38. The van der Waals surface area contributed by atoms with Crippen LogP contribution in [0.5, 0.6) is 0 Å². The number of hydrogen-bond donors (Lipinski definition) is 2. The van der Waals surface area contributed by atoms with Crippen LogP contribution in [0.2, 0.25) is 0 Å². The third-order valence-corrected chi connectivity index (χ3v) is 6.38. The fraction of sp³-hybridized carbons (Fsp3) is 0.542. The number of nitrogens with zero attached hydrogens (tertiary/aromatic N) is 5. The number of carbonyl (C=O) groups is 3. The molecule has 0 aliphatic carbocycles. The molecule has 2 aliphatic heterocycles. The Bertz CT molecular complexity index is 1120. The lowest BCUT2D eigenvalue weighted by molar-refractivity contribution is -0.193. The zero-order valence-electron chi connectivity index (χ0n) is 21.5. The summed E-state index contributed by atoms with van der Waals surface area (Å²) in [4.78, 5) is 43.7. The van der Waals surface area contributed by atoms with Crippen LogP contribution in [-0.2, 0) is 34.4 Å². The standard InChI is InChI=1S/C20H27N5O.2C2HF3O2/c1-23-11-8-22-18(23)14-24-10-6-20(15-24)5-3-9-25(16-20)19(26)12-17-4-2-7-21-13-17;2*3-2(4,5)1(6)7/h2,4,7-8,11,13H,3,5-6,9-10,12,14-16H2,1H3;2*(H,6,7). The minimum atomic E-state index is -5.08. The first kappa shape index (κ1) is 32.5. The van der Waals surface area contributed by atoms with Crippen LogP contribution in [0.1, 0.15) is 30.7 Å². The first-order valence-electron chi connectivity index (χ1n) is 12.0. The monoisotopic (exact) mass is 581 g/mol. The van der Waals surface area contributed by atoms with Gasteiger partial charge in [0, 0.05) is 56.9 Å². The first-order chi connectivity index (χ1) is 18.5. The Labute approximate surface area is 225 Å². The van der Waals surface area contributed by atoms with Gasteiger partial charge in [0.25, 0.3) is 0 Å². The van der Waals surface area contributed by atoms with Gasteiger partial charge in [-0.25, -0.2) is 14.6 Å². The molecule has 16 heteroatoms. The molecule has 4 rings (SSSR count). The van der Waals surface area contributed by atoms with Crippen molar-refractivity contribution < 1.29 is 50.9 Å². The Kier molecular flexibility index (Phi) is 11.0. The highest BCUT2D eigenvalue weighted by atomic mass is 19.4. The normalized spacial score (nSPS) is 19.3. The van der Waals surface area contributed by atoms with E-state index in [4.69, 9.17) is 19.8 Å². The van der Waals surface area contributed by atoms with Gasteiger partial charge < -0.3 is 19.7 Å². The van der Waals surface area contributed by atoms with Gasteiger partial charge in [-0.15, -0.1) is 0 Å². The van der Waals surface area contributed by atoms with Crippen molar-refractivity contribution in [2.75, 3.05) is 26.2 Å². The smallest absolute Gasteiger partial charge is 0.475 e. The van der Waals surface area contributed by atoms with Gasteiger partial charge in [-0.1, -0.05) is 6.07 Å². The number of carboxylic acids is 2. The van der Waals surface area contributed by atoms with Crippen LogP contribution >= 0.6 is 0 Å². The molecule has 0 radical (unpaired) electrons. The molecule has 1 spiro atoms. The predicted molar refractivity (Wildman–Crippen MR) is 127 cm³/mol. The molecule has 2 fully saturated rings. The van der Waals surface area contributed by atoms with E-state index in [1.54, 1.807) is 12.4 Å². The average Bonchev–Trinajstić information content (AvgIpc) is 3.45. The molecule has 1 unspecified atom stereocenters. The Hall–Kier alpha value is -3.69. The number of halogens is 6. The van der Waals surface area contributed by atoms with Gasteiger partial charge in [0.1, 0.15) is 5.82 Å². The third kappa shape index (κ3) is 10.1. The minimum absolute atomic E-state index is 0.236. The number of carboxylic acid groups (broad SMARTS) is 2. The second kappa shape index (κ2) is 13.6. The fourth-order valence-electron chi connectivity index (χ4n) is 4.45. The molecule has 1 atom stereocenters. The number of alkyl halides is 6. The minimum Gasteiger partial charge on any atom is -0.475 e. The fourth-order valence-corrected chi connectivity index (χ4v) is 4.45. The Morgan fingerprint density at radius 1 is 0.975 bits per heavy atom.